The van der Waals surface area contributed by atoms with Crippen LogP contribution in [0, 0.1) is 6.92 Å². The SMILES string of the molecule is COc1cc2nc(C)nc(NC(C)c3ccc(-c4cc(Cl)ccc4CN)s3)c2cc1OC. The highest BCUT2D eigenvalue weighted by Crippen LogP contribution is 2.38. The number of rotatable bonds is 7. The molecule has 166 valence electrons. The number of thiophene rings is 1. The van der Waals surface area contributed by atoms with E-state index in [0.29, 0.717) is 28.9 Å². The summed E-state index contributed by atoms with van der Waals surface area (Å²) in [7, 11) is 3.23. The summed E-state index contributed by atoms with van der Waals surface area (Å²) in [5.74, 6) is 2.70. The Morgan fingerprint density at radius 3 is 2.53 bits per heavy atom. The van der Waals surface area contributed by atoms with Crippen LogP contribution in [0.25, 0.3) is 21.3 Å². The second kappa shape index (κ2) is 9.32. The number of hydrogen-bond donors (Lipinski definition) is 2. The maximum Gasteiger partial charge on any atom is 0.162 e. The van der Waals surface area contributed by atoms with Crippen molar-refractivity contribution in [3.05, 3.63) is 63.8 Å². The summed E-state index contributed by atoms with van der Waals surface area (Å²) >= 11 is 7.95. The zero-order valence-corrected chi connectivity index (χ0v) is 20.0. The molecule has 4 rings (SSSR count). The highest BCUT2D eigenvalue weighted by molar-refractivity contribution is 7.15. The van der Waals surface area contributed by atoms with Gasteiger partial charge in [-0.15, -0.1) is 11.3 Å². The predicted molar refractivity (Wildman–Crippen MR) is 132 cm³/mol. The number of aryl methyl sites for hydroxylation is 1. The molecule has 0 amide bonds. The first kappa shape index (κ1) is 22.3. The molecule has 2 aromatic carbocycles. The Morgan fingerprint density at radius 1 is 1.06 bits per heavy atom. The van der Waals surface area contributed by atoms with Gasteiger partial charge in [0.2, 0.25) is 0 Å². The largest absolute Gasteiger partial charge is 0.493 e. The van der Waals surface area contributed by atoms with Gasteiger partial charge in [0.1, 0.15) is 11.6 Å². The Labute approximate surface area is 196 Å². The first-order chi connectivity index (χ1) is 15.4. The molecule has 0 fully saturated rings. The Hall–Kier alpha value is -2.87. The number of fused-ring (bicyclic) bond motifs is 1. The summed E-state index contributed by atoms with van der Waals surface area (Å²) < 4.78 is 10.9. The van der Waals surface area contributed by atoms with E-state index in [1.165, 1.54) is 4.88 Å². The molecule has 4 aromatic rings. The van der Waals surface area contributed by atoms with Crippen molar-refractivity contribution in [1.82, 2.24) is 9.97 Å². The van der Waals surface area contributed by atoms with Gasteiger partial charge < -0.3 is 20.5 Å². The van der Waals surface area contributed by atoms with E-state index in [9.17, 15) is 0 Å². The lowest BCUT2D eigenvalue weighted by Crippen LogP contribution is -2.08. The maximum atomic E-state index is 6.24. The van der Waals surface area contributed by atoms with Crippen molar-refractivity contribution < 1.29 is 9.47 Å². The van der Waals surface area contributed by atoms with Crippen LogP contribution in [0.2, 0.25) is 5.02 Å². The molecular weight excluding hydrogens is 444 g/mol. The number of anilines is 1. The molecule has 32 heavy (non-hydrogen) atoms. The van der Waals surface area contributed by atoms with Crippen LogP contribution >= 0.6 is 22.9 Å². The number of halogens is 1. The molecule has 1 atom stereocenters. The fourth-order valence-electron chi connectivity index (χ4n) is 3.64. The zero-order valence-electron chi connectivity index (χ0n) is 18.4. The highest BCUT2D eigenvalue weighted by Gasteiger charge is 2.16. The van der Waals surface area contributed by atoms with Crippen molar-refractivity contribution in [1.29, 1.82) is 0 Å². The first-order valence-electron chi connectivity index (χ1n) is 10.2. The van der Waals surface area contributed by atoms with Crippen LogP contribution < -0.4 is 20.5 Å². The molecule has 0 aliphatic carbocycles. The molecule has 0 aliphatic rings. The number of aromatic nitrogens is 2. The molecule has 6 nitrogen and oxygen atoms in total. The van der Waals surface area contributed by atoms with Gasteiger partial charge in [0.15, 0.2) is 11.5 Å². The highest BCUT2D eigenvalue weighted by atomic mass is 35.5. The summed E-state index contributed by atoms with van der Waals surface area (Å²) in [5.41, 5.74) is 8.87. The van der Waals surface area contributed by atoms with Crippen LogP contribution in [0.15, 0.2) is 42.5 Å². The topological polar surface area (TPSA) is 82.3 Å². The molecule has 2 aromatic heterocycles. The molecule has 0 saturated heterocycles. The Balaban J connectivity index is 1.68. The van der Waals surface area contributed by atoms with Crippen molar-refractivity contribution in [2.75, 3.05) is 19.5 Å². The summed E-state index contributed by atoms with van der Waals surface area (Å²) in [5, 5.41) is 5.12. The van der Waals surface area contributed by atoms with Gasteiger partial charge in [-0.05, 0) is 55.3 Å². The van der Waals surface area contributed by atoms with Crippen LogP contribution in [-0.2, 0) is 6.54 Å². The average molecular weight is 469 g/mol. The van der Waals surface area contributed by atoms with E-state index >= 15 is 0 Å². The molecular formula is C24H25ClN4O2S. The number of nitrogens with one attached hydrogen (secondary N) is 1. The molecule has 0 radical (unpaired) electrons. The zero-order chi connectivity index (χ0) is 22.8. The Morgan fingerprint density at radius 2 is 1.81 bits per heavy atom. The van der Waals surface area contributed by atoms with Gasteiger partial charge in [-0.3, -0.25) is 0 Å². The van der Waals surface area contributed by atoms with Gasteiger partial charge in [-0.2, -0.15) is 0 Å². The number of nitrogens with zero attached hydrogens (tertiary/aromatic N) is 2. The third kappa shape index (κ3) is 4.37. The van der Waals surface area contributed by atoms with E-state index in [1.807, 2.05) is 37.3 Å². The first-order valence-corrected chi connectivity index (χ1v) is 11.4. The molecule has 0 saturated carbocycles. The van der Waals surface area contributed by atoms with Gasteiger partial charge in [0, 0.05) is 32.8 Å². The molecule has 0 aliphatic heterocycles. The summed E-state index contributed by atoms with van der Waals surface area (Å²) in [6, 6.07) is 13.9. The van der Waals surface area contributed by atoms with E-state index < -0.39 is 0 Å². The monoisotopic (exact) mass is 468 g/mol. The van der Waals surface area contributed by atoms with Crippen molar-refractivity contribution >= 4 is 39.7 Å². The molecule has 0 bridgehead atoms. The van der Waals surface area contributed by atoms with E-state index in [4.69, 9.17) is 26.8 Å². The molecule has 8 heteroatoms. The number of nitrogens with two attached hydrogens (primary N) is 1. The van der Waals surface area contributed by atoms with Crippen molar-refractivity contribution in [2.45, 2.75) is 26.4 Å². The van der Waals surface area contributed by atoms with Crippen molar-refractivity contribution in [2.24, 2.45) is 5.73 Å². The van der Waals surface area contributed by atoms with Gasteiger partial charge >= 0.3 is 0 Å². The van der Waals surface area contributed by atoms with Crippen LogP contribution in [0.5, 0.6) is 11.5 Å². The number of hydrogen-bond acceptors (Lipinski definition) is 7. The lowest BCUT2D eigenvalue weighted by Gasteiger charge is -2.16. The summed E-state index contributed by atoms with van der Waals surface area (Å²) in [6.45, 7) is 4.45. The van der Waals surface area contributed by atoms with Crippen LogP contribution in [-0.4, -0.2) is 24.2 Å². The Kier molecular flexibility index (Phi) is 6.50. The third-order valence-electron chi connectivity index (χ3n) is 5.28. The molecule has 2 heterocycles. The fraction of sp³-hybridized carbons (Fsp3) is 0.250. The standard InChI is InChI=1S/C24H25ClN4O2S/c1-13(22-7-8-23(32-22)17-9-16(25)6-5-15(17)12-26)27-24-18-10-20(30-3)21(31-4)11-19(18)28-14(2)29-24/h5-11,13H,12,26H2,1-4H3,(H,27,28,29). The maximum absolute atomic E-state index is 6.24. The second-order valence-electron chi connectivity index (χ2n) is 7.42. The lowest BCUT2D eigenvalue weighted by molar-refractivity contribution is 0.356. The smallest absolute Gasteiger partial charge is 0.162 e. The van der Waals surface area contributed by atoms with Crippen molar-refractivity contribution in [3.63, 3.8) is 0 Å². The normalized spacial score (nSPS) is 12.1. The summed E-state index contributed by atoms with van der Waals surface area (Å²) in [6.07, 6.45) is 0. The summed E-state index contributed by atoms with van der Waals surface area (Å²) in [4.78, 5) is 11.5. The van der Waals surface area contributed by atoms with Gasteiger partial charge in [0.25, 0.3) is 0 Å². The van der Waals surface area contributed by atoms with E-state index in [2.05, 4.69) is 34.3 Å². The van der Waals surface area contributed by atoms with Gasteiger partial charge in [0.05, 0.1) is 25.8 Å². The molecule has 0 spiro atoms. The van der Waals surface area contributed by atoms with E-state index in [1.54, 1.807) is 25.6 Å². The van der Waals surface area contributed by atoms with E-state index in [-0.39, 0.29) is 6.04 Å². The van der Waals surface area contributed by atoms with Crippen LogP contribution in [0.1, 0.15) is 29.2 Å². The fourth-order valence-corrected chi connectivity index (χ4v) is 4.88. The lowest BCUT2D eigenvalue weighted by atomic mass is 10.1. The van der Waals surface area contributed by atoms with Gasteiger partial charge in [-0.1, -0.05) is 17.7 Å². The predicted octanol–water partition coefficient (Wildman–Crippen LogP) is 5.97. The number of methoxy groups -OCH3 is 2. The Bertz CT molecular complexity index is 1270. The molecule has 1 unspecified atom stereocenters. The van der Waals surface area contributed by atoms with Crippen LogP contribution in [0.4, 0.5) is 5.82 Å². The number of benzene rings is 2. The minimum atomic E-state index is 0.0276. The minimum Gasteiger partial charge on any atom is -0.493 e. The van der Waals surface area contributed by atoms with E-state index in [0.717, 1.165) is 32.7 Å². The average Bonchev–Trinajstić information content (AvgIpc) is 3.28. The van der Waals surface area contributed by atoms with Crippen LogP contribution in [0.3, 0.4) is 0 Å². The van der Waals surface area contributed by atoms with Gasteiger partial charge in [-0.25, -0.2) is 9.97 Å². The second-order valence-corrected chi connectivity index (χ2v) is 8.97. The minimum absolute atomic E-state index is 0.0276. The number of ether oxygens (including phenoxy) is 2. The third-order valence-corrected chi connectivity index (χ3v) is 6.81. The van der Waals surface area contributed by atoms with Crippen molar-refractivity contribution in [3.8, 4) is 21.9 Å². The molecule has 3 N–H and O–H groups in total. The quantitative estimate of drug-likeness (QED) is 0.347.